The third kappa shape index (κ3) is 8.72. The summed E-state index contributed by atoms with van der Waals surface area (Å²) in [7, 11) is 0. The van der Waals surface area contributed by atoms with Crippen molar-refractivity contribution in [1.82, 2.24) is 19.5 Å². The lowest BCUT2D eigenvalue weighted by Crippen LogP contribution is -2.47. The Hall–Kier alpha value is -2.05. The molecule has 15 heteroatoms. The van der Waals surface area contributed by atoms with Crippen molar-refractivity contribution in [2.24, 2.45) is 5.73 Å². The Morgan fingerprint density at radius 2 is 1.51 bits per heavy atom. The lowest BCUT2D eigenvalue weighted by molar-refractivity contribution is -0.734. The summed E-state index contributed by atoms with van der Waals surface area (Å²) >= 11 is 0. The molecule has 2 aromatic rings. The zero-order chi connectivity index (χ0) is 27.9. The van der Waals surface area contributed by atoms with Crippen molar-refractivity contribution in [2.45, 2.75) is 101 Å². The van der Waals surface area contributed by atoms with Crippen LogP contribution < -0.4 is 11.5 Å². The van der Waals surface area contributed by atoms with Crippen LogP contribution in [0.1, 0.15) is 77.0 Å². The van der Waals surface area contributed by atoms with Crippen LogP contribution in [-0.2, 0) is 35.5 Å². The van der Waals surface area contributed by atoms with Crippen molar-refractivity contribution >= 4 is 17.0 Å². The molecule has 2 aromatic heterocycles. The van der Waals surface area contributed by atoms with Gasteiger partial charge in [0, 0.05) is 0 Å². The quantitative estimate of drug-likeness (QED) is 0.0835. The van der Waals surface area contributed by atoms with Gasteiger partial charge in [-0.2, -0.15) is 0 Å². The molecule has 3 heterocycles. The van der Waals surface area contributed by atoms with Crippen molar-refractivity contribution in [3.8, 4) is 0 Å². The first-order chi connectivity index (χ1) is 19.0. The number of aliphatic hydroxyl groups excluding tert-OH is 3. The molecule has 222 valence electrons. The smallest absolute Gasteiger partial charge is 0.320 e. The lowest BCUT2D eigenvalue weighted by atomic mass is 10.1. The molecule has 1 aliphatic rings. The number of aromatic nitrogens is 4. The van der Waals surface area contributed by atoms with Gasteiger partial charge in [0.25, 0.3) is 0 Å². The fraction of sp³-hybridized carbons (Fsp3) is 0.792. The van der Waals surface area contributed by atoms with Gasteiger partial charge in [0.15, 0.2) is 17.6 Å². The summed E-state index contributed by atoms with van der Waals surface area (Å²) < 4.78 is 6.71. The minimum atomic E-state index is -2.25. The first-order valence-corrected chi connectivity index (χ1v) is 13.6. The van der Waals surface area contributed by atoms with Crippen molar-refractivity contribution in [2.75, 3.05) is 25.5 Å². The molecular formula is C24H42N6O9. The first-order valence-electron chi connectivity index (χ1n) is 13.6. The Bertz CT molecular complexity index is 954. The second-order valence-corrected chi connectivity index (χ2v) is 9.59. The van der Waals surface area contributed by atoms with Gasteiger partial charge in [-0.3, -0.25) is 4.57 Å². The van der Waals surface area contributed by atoms with Gasteiger partial charge >= 0.3 is 5.91 Å². The molecule has 1 saturated heterocycles. The summed E-state index contributed by atoms with van der Waals surface area (Å²) in [6.45, 7) is 0.441. The molecule has 15 nitrogen and oxygen atoms in total. The fourth-order valence-corrected chi connectivity index (χ4v) is 4.51. The fourth-order valence-electron chi connectivity index (χ4n) is 4.51. The normalized spacial score (nSPS) is 23.2. The molecule has 1 fully saturated rings. The van der Waals surface area contributed by atoms with Gasteiger partial charge < -0.3 is 31.5 Å². The molecule has 0 spiro atoms. The number of nitrogens with zero attached hydrogens (tertiary/aromatic N) is 4. The minimum absolute atomic E-state index is 0.0688. The SMILES string of the molecule is NCCCCCCCCCCCCCCOOOOO[C@@]1(n2cnc3c(N)ncnc32)O[C@H](CO)[C@@H](O)[C@H]1O. The molecule has 1 aliphatic heterocycles. The Morgan fingerprint density at radius 3 is 2.13 bits per heavy atom. The summed E-state index contributed by atoms with van der Waals surface area (Å²) in [6.07, 6.45) is 12.0. The highest BCUT2D eigenvalue weighted by Crippen LogP contribution is 2.39. The van der Waals surface area contributed by atoms with Gasteiger partial charge in [0.2, 0.25) is 0 Å². The maximum atomic E-state index is 10.7. The minimum Gasteiger partial charge on any atom is -0.394 e. The number of hydrogen-bond donors (Lipinski definition) is 5. The third-order valence-corrected chi connectivity index (χ3v) is 6.71. The molecule has 3 rings (SSSR count). The van der Waals surface area contributed by atoms with E-state index in [-0.39, 0.29) is 23.6 Å². The predicted molar refractivity (Wildman–Crippen MR) is 136 cm³/mol. The van der Waals surface area contributed by atoms with E-state index >= 15 is 0 Å². The standard InChI is InChI=1S/C24H42N6O9/c25-13-11-9-7-5-3-1-2-4-6-8-10-12-14-34-37-39-38-36-24(21(33)20(32)18(15-31)35-24)30-17-29-19-22(26)27-16-28-23(19)30/h16-18,20-21,31-33H,1-15,25H2,(H2,26,27,28)/t18-,20-,21-,24+/m1/s1. The van der Waals surface area contributed by atoms with Crippen molar-refractivity contribution < 1.29 is 44.9 Å². The van der Waals surface area contributed by atoms with E-state index in [1.54, 1.807) is 0 Å². The average Bonchev–Trinajstić information content (AvgIpc) is 3.49. The van der Waals surface area contributed by atoms with Gasteiger partial charge in [-0.1, -0.05) is 64.2 Å². The first kappa shape index (κ1) is 31.5. The van der Waals surface area contributed by atoms with E-state index in [1.165, 1.54) is 64.0 Å². The molecule has 7 N–H and O–H groups in total. The van der Waals surface area contributed by atoms with E-state index in [0.717, 1.165) is 36.8 Å². The highest BCUT2D eigenvalue weighted by Gasteiger charge is 2.59. The van der Waals surface area contributed by atoms with E-state index in [4.69, 9.17) is 26.0 Å². The Morgan fingerprint density at radius 1 is 0.872 bits per heavy atom. The van der Waals surface area contributed by atoms with Crippen LogP contribution in [-0.4, -0.2) is 72.9 Å². The zero-order valence-corrected chi connectivity index (χ0v) is 22.2. The van der Waals surface area contributed by atoms with E-state index in [2.05, 4.69) is 30.1 Å². The number of aliphatic hydroxyl groups is 3. The van der Waals surface area contributed by atoms with Crippen LogP contribution in [0.4, 0.5) is 5.82 Å². The largest absolute Gasteiger partial charge is 0.394 e. The van der Waals surface area contributed by atoms with E-state index < -0.39 is 30.8 Å². The number of fused-ring (bicyclic) bond motifs is 1. The molecule has 0 aliphatic carbocycles. The van der Waals surface area contributed by atoms with Gasteiger partial charge in [-0.25, -0.2) is 19.8 Å². The van der Waals surface area contributed by atoms with Gasteiger partial charge in [-0.05, 0) is 34.5 Å². The molecule has 0 bridgehead atoms. The highest BCUT2D eigenvalue weighted by atomic mass is 17.8. The summed E-state index contributed by atoms with van der Waals surface area (Å²) in [5, 5.41) is 44.1. The van der Waals surface area contributed by atoms with Crippen LogP contribution in [0.2, 0.25) is 0 Å². The van der Waals surface area contributed by atoms with Crippen LogP contribution in [0.3, 0.4) is 0 Å². The van der Waals surface area contributed by atoms with Crippen LogP contribution in [0.25, 0.3) is 11.2 Å². The number of anilines is 1. The summed E-state index contributed by atoms with van der Waals surface area (Å²) in [4.78, 5) is 22.1. The van der Waals surface area contributed by atoms with E-state index in [1.807, 2.05) is 0 Å². The average molecular weight is 559 g/mol. The molecule has 0 amide bonds. The second-order valence-electron chi connectivity index (χ2n) is 9.59. The number of ether oxygens (including phenoxy) is 1. The second kappa shape index (κ2) is 16.9. The van der Waals surface area contributed by atoms with E-state index in [9.17, 15) is 15.3 Å². The predicted octanol–water partition coefficient (Wildman–Crippen LogP) is 1.51. The summed E-state index contributed by atoms with van der Waals surface area (Å²) in [5.74, 6) is -2.19. The van der Waals surface area contributed by atoms with Crippen LogP contribution in [0.5, 0.6) is 0 Å². The topological polar surface area (TPSA) is 212 Å². The van der Waals surface area contributed by atoms with Crippen LogP contribution in [0, 0.1) is 0 Å². The number of unbranched alkanes of at least 4 members (excludes halogenated alkanes) is 11. The number of imidazole rings is 1. The van der Waals surface area contributed by atoms with E-state index in [0.29, 0.717) is 0 Å². The maximum absolute atomic E-state index is 10.7. The summed E-state index contributed by atoms with van der Waals surface area (Å²) in [6, 6.07) is 0. The zero-order valence-electron chi connectivity index (χ0n) is 22.2. The van der Waals surface area contributed by atoms with Crippen molar-refractivity contribution in [1.29, 1.82) is 0 Å². The Kier molecular flexibility index (Phi) is 13.7. The highest BCUT2D eigenvalue weighted by molar-refractivity contribution is 5.81. The third-order valence-electron chi connectivity index (χ3n) is 6.71. The Balaban J connectivity index is 1.31. The Labute approximate surface area is 227 Å². The lowest BCUT2D eigenvalue weighted by Gasteiger charge is -2.30. The molecule has 39 heavy (non-hydrogen) atoms. The molecular weight excluding hydrogens is 516 g/mol. The number of nitrogens with two attached hydrogens (primary N) is 2. The van der Waals surface area contributed by atoms with Gasteiger partial charge in [0.05, 0.1) is 13.2 Å². The van der Waals surface area contributed by atoms with Crippen LogP contribution in [0.15, 0.2) is 12.7 Å². The van der Waals surface area contributed by atoms with Crippen molar-refractivity contribution in [3.63, 3.8) is 0 Å². The summed E-state index contributed by atoms with van der Waals surface area (Å²) in [5.41, 5.74) is 11.6. The van der Waals surface area contributed by atoms with Gasteiger partial charge in [-0.15, -0.1) is 4.89 Å². The number of nitrogen functional groups attached to an aromatic ring is 1. The molecule has 0 unspecified atom stereocenters. The molecule has 0 aromatic carbocycles. The van der Waals surface area contributed by atoms with Crippen molar-refractivity contribution in [3.05, 3.63) is 12.7 Å². The molecule has 0 saturated carbocycles. The molecule has 0 radical (unpaired) electrons. The number of hydrogen-bond acceptors (Lipinski definition) is 14. The monoisotopic (exact) mass is 558 g/mol. The van der Waals surface area contributed by atoms with Crippen LogP contribution >= 0.6 is 0 Å². The number of rotatable bonds is 21. The maximum Gasteiger partial charge on any atom is 0.320 e. The molecule has 4 atom stereocenters. The van der Waals surface area contributed by atoms with Gasteiger partial charge in [0.1, 0.15) is 30.4 Å².